The van der Waals surface area contributed by atoms with E-state index in [0.29, 0.717) is 5.69 Å². The van der Waals surface area contributed by atoms with Crippen LogP contribution in [-0.4, -0.2) is 33.5 Å². The fourth-order valence-corrected chi connectivity index (χ4v) is 5.52. The molecule has 0 aliphatic carbocycles. The third-order valence-electron chi connectivity index (χ3n) is 5.86. The van der Waals surface area contributed by atoms with E-state index in [-0.39, 0.29) is 30.1 Å². The zero-order valence-electron chi connectivity index (χ0n) is 20.3. The summed E-state index contributed by atoms with van der Waals surface area (Å²) in [5, 5.41) is 2.93. The van der Waals surface area contributed by atoms with Crippen molar-refractivity contribution in [3.05, 3.63) is 59.1 Å². The predicted octanol–water partition coefficient (Wildman–Crippen LogP) is 4.74. The van der Waals surface area contributed by atoms with Crippen LogP contribution in [0, 0.1) is 0 Å². The van der Waals surface area contributed by atoms with E-state index in [1.54, 1.807) is 18.4 Å². The zero-order valence-corrected chi connectivity index (χ0v) is 22.0. The topological polar surface area (TPSA) is 92.8 Å². The normalized spacial score (nSPS) is 14.7. The molecule has 2 aromatic carbocycles. The molecule has 4 rings (SSSR count). The van der Waals surface area contributed by atoms with Gasteiger partial charge in [0, 0.05) is 34.3 Å². The molecule has 0 bridgehead atoms. The summed E-state index contributed by atoms with van der Waals surface area (Å²) in [5.41, 5.74) is 3.99. The van der Waals surface area contributed by atoms with Crippen molar-refractivity contribution in [3.63, 3.8) is 0 Å². The Morgan fingerprint density at radius 1 is 1.14 bits per heavy atom. The number of ether oxygens (including phenoxy) is 1. The highest BCUT2D eigenvalue weighted by Gasteiger charge is 2.27. The summed E-state index contributed by atoms with van der Waals surface area (Å²) >= 11 is 1.54. The molecule has 0 fully saturated rings. The molecule has 0 unspecified atom stereocenters. The molecule has 1 aliphatic rings. The van der Waals surface area contributed by atoms with Crippen molar-refractivity contribution in [2.75, 3.05) is 18.3 Å². The van der Waals surface area contributed by atoms with Crippen LogP contribution < -0.4 is 14.4 Å². The lowest BCUT2D eigenvalue weighted by Gasteiger charge is -2.28. The highest BCUT2D eigenvalue weighted by atomic mass is 32.2. The van der Waals surface area contributed by atoms with Gasteiger partial charge in [-0.15, -0.1) is 11.3 Å². The summed E-state index contributed by atoms with van der Waals surface area (Å²) in [5.74, 6) is 0.242. The molecule has 3 aromatic rings. The van der Waals surface area contributed by atoms with Crippen molar-refractivity contribution >= 4 is 48.8 Å². The summed E-state index contributed by atoms with van der Waals surface area (Å²) in [6.45, 7) is 6.48. The number of nitrogens with zero attached hydrogens (tertiary/aromatic N) is 1. The van der Waals surface area contributed by atoms with E-state index in [1.165, 1.54) is 17.2 Å². The smallest absolute Gasteiger partial charge is 0.238 e. The van der Waals surface area contributed by atoms with Crippen LogP contribution in [0.15, 0.2) is 48.0 Å². The van der Waals surface area contributed by atoms with Crippen LogP contribution in [0.3, 0.4) is 0 Å². The molecule has 9 heteroatoms. The number of allylic oxidation sites excluding steroid dienone is 1. The average Bonchev–Trinajstić information content (AvgIpc) is 3.18. The third-order valence-corrected chi connectivity index (χ3v) is 7.52. The number of methoxy groups -OCH3 is 1. The van der Waals surface area contributed by atoms with Crippen molar-refractivity contribution in [3.8, 4) is 16.9 Å². The first-order chi connectivity index (χ1) is 16.4. The Morgan fingerprint density at radius 2 is 1.89 bits per heavy atom. The van der Waals surface area contributed by atoms with Gasteiger partial charge in [-0.3, -0.25) is 14.5 Å². The molecule has 0 radical (unpaired) electrons. The van der Waals surface area contributed by atoms with E-state index in [0.717, 1.165) is 44.3 Å². The Kier molecular flexibility index (Phi) is 6.61. The van der Waals surface area contributed by atoms with Gasteiger partial charge in [0.15, 0.2) is 5.78 Å². The molecule has 0 saturated carbocycles. The SMILES string of the molecule is COc1c(-c2ccc3c(CNS(C)(=O)=O)csc3c2)cc(N2C=CC(=O)CC2=O)cc1C(C)(C)C. The van der Waals surface area contributed by atoms with Crippen LogP contribution in [0.25, 0.3) is 21.2 Å². The lowest BCUT2D eigenvalue weighted by Crippen LogP contribution is -2.31. The van der Waals surface area contributed by atoms with Gasteiger partial charge in [0.1, 0.15) is 5.75 Å². The molecule has 7 nitrogen and oxygen atoms in total. The molecule has 2 heterocycles. The van der Waals surface area contributed by atoms with Crippen LogP contribution in [0.1, 0.15) is 38.3 Å². The third kappa shape index (κ3) is 5.32. The van der Waals surface area contributed by atoms with E-state index in [2.05, 4.69) is 31.6 Å². The van der Waals surface area contributed by atoms with E-state index in [9.17, 15) is 18.0 Å². The van der Waals surface area contributed by atoms with Gasteiger partial charge in [-0.1, -0.05) is 32.9 Å². The maximum Gasteiger partial charge on any atom is 0.238 e. The van der Waals surface area contributed by atoms with E-state index in [1.807, 2.05) is 29.6 Å². The van der Waals surface area contributed by atoms with Gasteiger partial charge in [0.2, 0.25) is 15.9 Å². The number of thiophene rings is 1. The number of carbonyl (C=O) groups excluding carboxylic acids is 2. The number of sulfonamides is 1. The zero-order chi connectivity index (χ0) is 25.5. The fourth-order valence-electron chi connectivity index (χ4n) is 4.10. The van der Waals surface area contributed by atoms with Crippen molar-refractivity contribution in [1.82, 2.24) is 4.72 Å². The molecule has 184 valence electrons. The number of hydrogen-bond acceptors (Lipinski definition) is 6. The minimum absolute atomic E-state index is 0.159. The molecule has 35 heavy (non-hydrogen) atoms. The number of anilines is 1. The fraction of sp³-hybridized carbons (Fsp3) is 0.308. The molecule has 0 spiro atoms. The van der Waals surface area contributed by atoms with E-state index in [4.69, 9.17) is 4.74 Å². The van der Waals surface area contributed by atoms with Gasteiger partial charge in [-0.2, -0.15) is 0 Å². The van der Waals surface area contributed by atoms with Gasteiger partial charge in [-0.05, 0) is 51.6 Å². The van der Waals surface area contributed by atoms with Crippen LogP contribution in [-0.2, 0) is 31.6 Å². The monoisotopic (exact) mass is 512 g/mol. The summed E-state index contributed by atoms with van der Waals surface area (Å²) in [4.78, 5) is 25.9. The number of nitrogens with one attached hydrogen (secondary N) is 1. The summed E-state index contributed by atoms with van der Waals surface area (Å²) in [7, 11) is -1.66. The Balaban J connectivity index is 1.86. The van der Waals surface area contributed by atoms with Crippen LogP contribution in [0.5, 0.6) is 5.75 Å². The lowest BCUT2D eigenvalue weighted by atomic mass is 9.83. The standard InChI is InChI=1S/C26H28N2O5S2/c1-26(2,3)22-12-18(28-9-8-19(29)13-24(28)30)11-21(25(22)33-4)16-6-7-20-17(14-27-35(5,31)32)15-34-23(20)10-16/h6-12,15,27H,13-14H2,1-5H3. The molecule has 1 N–H and O–H groups in total. The second-order valence-electron chi connectivity index (χ2n) is 9.61. The molecule has 1 aliphatic heterocycles. The van der Waals surface area contributed by atoms with E-state index < -0.39 is 10.0 Å². The van der Waals surface area contributed by atoms with Gasteiger partial charge in [0.25, 0.3) is 0 Å². The molecule has 1 amide bonds. The van der Waals surface area contributed by atoms with Crippen LogP contribution in [0.2, 0.25) is 0 Å². The number of ketones is 1. The maximum absolute atomic E-state index is 12.7. The number of hydrogen-bond donors (Lipinski definition) is 1. The molecule has 0 saturated heterocycles. The Hall–Kier alpha value is -3.01. The summed E-state index contributed by atoms with van der Waals surface area (Å²) in [6, 6.07) is 9.86. The largest absolute Gasteiger partial charge is 0.496 e. The van der Waals surface area contributed by atoms with Crippen molar-refractivity contribution in [1.29, 1.82) is 0 Å². The second-order valence-corrected chi connectivity index (χ2v) is 12.4. The first-order valence-electron chi connectivity index (χ1n) is 11.1. The summed E-state index contributed by atoms with van der Waals surface area (Å²) < 4.78 is 32.5. The van der Waals surface area contributed by atoms with Gasteiger partial charge in [-0.25, -0.2) is 13.1 Å². The minimum atomic E-state index is -3.29. The maximum atomic E-state index is 12.7. The average molecular weight is 513 g/mol. The van der Waals surface area contributed by atoms with Crippen LogP contribution in [0.4, 0.5) is 5.69 Å². The lowest BCUT2D eigenvalue weighted by molar-refractivity contribution is -0.124. The highest BCUT2D eigenvalue weighted by molar-refractivity contribution is 7.88. The highest BCUT2D eigenvalue weighted by Crippen LogP contribution is 2.44. The quantitative estimate of drug-likeness (QED) is 0.482. The molecular formula is C26H28N2O5S2. The number of benzene rings is 2. The molecule has 1 aromatic heterocycles. The molecular weight excluding hydrogens is 484 g/mol. The van der Waals surface area contributed by atoms with Crippen LogP contribution >= 0.6 is 11.3 Å². The predicted molar refractivity (Wildman–Crippen MR) is 140 cm³/mol. The Labute approximate surface area is 209 Å². The van der Waals surface area contributed by atoms with Gasteiger partial charge < -0.3 is 4.74 Å². The number of rotatable bonds is 6. The van der Waals surface area contributed by atoms with Gasteiger partial charge in [0.05, 0.1) is 19.8 Å². The summed E-state index contributed by atoms with van der Waals surface area (Å²) in [6.07, 6.45) is 3.93. The van der Waals surface area contributed by atoms with Crippen molar-refractivity contribution < 1.29 is 22.7 Å². The number of amides is 1. The van der Waals surface area contributed by atoms with E-state index >= 15 is 0 Å². The first-order valence-corrected chi connectivity index (χ1v) is 13.9. The second kappa shape index (κ2) is 9.22. The van der Waals surface area contributed by atoms with Crippen molar-refractivity contribution in [2.45, 2.75) is 39.2 Å². The number of fused-ring (bicyclic) bond motifs is 1. The number of carbonyl (C=O) groups is 2. The molecule has 0 atom stereocenters. The minimum Gasteiger partial charge on any atom is -0.496 e. The van der Waals surface area contributed by atoms with Gasteiger partial charge >= 0.3 is 0 Å². The first kappa shape index (κ1) is 25.1. The Bertz CT molecular complexity index is 1460. The van der Waals surface area contributed by atoms with Crippen molar-refractivity contribution in [2.24, 2.45) is 0 Å². The Morgan fingerprint density at radius 3 is 2.51 bits per heavy atom.